The first-order valence-corrected chi connectivity index (χ1v) is 12.5. The van der Waals surface area contributed by atoms with Crippen LogP contribution in [0.2, 0.25) is 5.02 Å². The Morgan fingerprint density at radius 2 is 1.79 bits per heavy atom. The lowest BCUT2D eigenvalue weighted by molar-refractivity contribution is 0.313. The van der Waals surface area contributed by atoms with Crippen molar-refractivity contribution >= 4 is 32.8 Å². The van der Waals surface area contributed by atoms with Gasteiger partial charge < -0.3 is 4.98 Å². The third-order valence-electron chi connectivity index (χ3n) is 5.96. The minimum atomic E-state index is -3.73. The van der Waals surface area contributed by atoms with Gasteiger partial charge in [0.25, 0.3) is 5.56 Å². The number of sulfonamides is 1. The molecule has 4 aromatic rings. The number of fused-ring (bicyclic) bond motifs is 1. The predicted molar refractivity (Wildman–Crippen MR) is 124 cm³/mol. The Balaban J connectivity index is 1.37. The van der Waals surface area contributed by atoms with Crippen LogP contribution in [0.15, 0.2) is 58.2 Å². The van der Waals surface area contributed by atoms with E-state index in [1.165, 1.54) is 21.1 Å². The topological polar surface area (TPSA) is 114 Å². The number of piperidine rings is 1. The van der Waals surface area contributed by atoms with Crippen molar-refractivity contribution in [1.29, 1.82) is 0 Å². The van der Waals surface area contributed by atoms with Crippen molar-refractivity contribution < 1.29 is 12.8 Å². The number of aromatic nitrogens is 5. The van der Waals surface area contributed by atoms with Crippen molar-refractivity contribution in [1.82, 2.24) is 29.3 Å². The van der Waals surface area contributed by atoms with Crippen molar-refractivity contribution in [3.63, 3.8) is 0 Å². The first kappa shape index (κ1) is 22.6. The molecule has 9 nitrogen and oxygen atoms in total. The first-order chi connectivity index (χ1) is 16.3. The quantitative estimate of drug-likeness (QED) is 0.449. The number of benzene rings is 2. The smallest absolute Gasteiger partial charge is 0.281 e. The number of rotatable bonds is 5. The summed E-state index contributed by atoms with van der Waals surface area (Å²) in [6.07, 6.45) is 0.946. The minimum Gasteiger partial charge on any atom is -0.308 e. The number of nitrogens with one attached hydrogen (secondary N) is 1. The molecule has 3 heterocycles. The van der Waals surface area contributed by atoms with Crippen molar-refractivity contribution in [2.75, 3.05) is 13.1 Å². The standard InChI is InChI=1S/C22H20ClFN6O3S/c23-18-4-2-1-3-15(18)13-30-21-19(27-28-30)22(31)26-20(25-21)14-9-11-29(12-10-14)34(32,33)17-7-5-16(24)6-8-17/h1-8,14H,9-13H2,(H,25,26,31). The third kappa shape index (κ3) is 4.22. The lowest BCUT2D eigenvalue weighted by Crippen LogP contribution is -2.38. The fourth-order valence-electron chi connectivity index (χ4n) is 4.10. The molecule has 0 aliphatic carbocycles. The van der Waals surface area contributed by atoms with Crippen molar-refractivity contribution in [3.8, 4) is 0 Å². The van der Waals surface area contributed by atoms with Crippen molar-refractivity contribution in [2.45, 2.75) is 30.2 Å². The fourth-order valence-corrected chi connectivity index (χ4v) is 5.76. The van der Waals surface area contributed by atoms with Crippen LogP contribution in [0.3, 0.4) is 0 Å². The Kier molecular flexibility index (Phi) is 5.92. The number of hydrogen-bond donors (Lipinski definition) is 1. The monoisotopic (exact) mass is 502 g/mol. The zero-order chi connectivity index (χ0) is 23.9. The maximum absolute atomic E-state index is 13.2. The molecule has 1 aliphatic rings. The molecule has 2 aromatic carbocycles. The summed E-state index contributed by atoms with van der Waals surface area (Å²) in [5.41, 5.74) is 0.901. The third-order valence-corrected chi connectivity index (χ3v) is 8.24. The van der Waals surface area contributed by atoms with E-state index in [1.54, 1.807) is 6.07 Å². The zero-order valence-electron chi connectivity index (χ0n) is 17.9. The van der Waals surface area contributed by atoms with Crippen LogP contribution < -0.4 is 5.56 Å². The van der Waals surface area contributed by atoms with Gasteiger partial charge in [0.05, 0.1) is 11.4 Å². The number of hydrogen-bond acceptors (Lipinski definition) is 6. The number of H-pyrrole nitrogens is 1. The Hall–Kier alpha value is -3.15. The molecule has 0 radical (unpaired) electrons. The highest BCUT2D eigenvalue weighted by Gasteiger charge is 2.31. The van der Waals surface area contributed by atoms with E-state index < -0.39 is 21.4 Å². The first-order valence-electron chi connectivity index (χ1n) is 10.7. The average molecular weight is 503 g/mol. The largest absolute Gasteiger partial charge is 0.308 e. The summed E-state index contributed by atoms with van der Waals surface area (Å²) in [6.45, 7) is 0.812. The van der Waals surface area contributed by atoms with E-state index in [9.17, 15) is 17.6 Å². The molecule has 5 rings (SSSR count). The summed E-state index contributed by atoms with van der Waals surface area (Å²) in [4.78, 5) is 20.1. The zero-order valence-corrected chi connectivity index (χ0v) is 19.4. The van der Waals surface area contributed by atoms with E-state index in [-0.39, 0.29) is 29.4 Å². The second-order valence-corrected chi connectivity index (χ2v) is 10.4. The fraction of sp³-hybridized carbons (Fsp3) is 0.273. The molecule has 34 heavy (non-hydrogen) atoms. The molecule has 0 saturated carbocycles. The lowest BCUT2D eigenvalue weighted by atomic mass is 9.97. The van der Waals surface area contributed by atoms with Gasteiger partial charge in [0.1, 0.15) is 11.6 Å². The minimum absolute atomic E-state index is 0.0508. The van der Waals surface area contributed by atoms with Gasteiger partial charge in [-0.05, 0) is 48.7 Å². The van der Waals surface area contributed by atoms with Gasteiger partial charge in [0.2, 0.25) is 10.0 Å². The van der Waals surface area contributed by atoms with E-state index in [1.807, 2.05) is 18.2 Å². The molecule has 0 bridgehead atoms. The van der Waals surface area contributed by atoms with Crippen LogP contribution in [0.5, 0.6) is 0 Å². The highest BCUT2D eigenvalue weighted by molar-refractivity contribution is 7.89. The molecule has 1 N–H and O–H groups in total. The van der Waals surface area contributed by atoms with Gasteiger partial charge in [-0.1, -0.05) is 35.0 Å². The van der Waals surface area contributed by atoms with Crippen molar-refractivity contribution in [2.24, 2.45) is 0 Å². The van der Waals surface area contributed by atoms with Crippen LogP contribution in [0.25, 0.3) is 11.2 Å². The molecule has 1 saturated heterocycles. The molecule has 1 aliphatic heterocycles. The summed E-state index contributed by atoms with van der Waals surface area (Å²) in [5, 5.41) is 8.61. The molecule has 2 aromatic heterocycles. The van der Waals surface area contributed by atoms with E-state index in [0.717, 1.165) is 17.7 Å². The van der Waals surface area contributed by atoms with E-state index >= 15 is 0 Å². The van der Waals surface area contributed by atoms with Gasteiger partial charge in [-0.2, -0.15) is 4.31 Å². The van der Waals surface area contributed by atoms with Gasteiger partial charge in [-0.3, -0.25) is 4.79 Å². The second kappa shape index (κ2) is 8.90. The molecule has 12 heteroatoms. The second-order valence-electron chi connectivity index (χ2n) is 8.09. The molecule has 176 valence electrons. The Labute approximate surface area is 199 Å². The van der Waals surface area contributed by atoms with Crippen LogP contribution >= 0.6 is 11.6 Å². The lowest BCUT2D eigenvalue weighted by Gasteiger charge is -2.30. The van der Waals surface area contributed by atoms with Gasteiger partial charge in [0.15, 0.2) is 11.2 Å². The van der Waals surface area contributed by atoms with Crippen LogP contribution in [0.4, 0.5) is 4.39 Å². The maximum Gasteiger partial charge on any atom is 0.281 e. The summed E-state index contributed by atoms with van der Waals surface area (Å²) in [6, 6.07) is 12.1. The molecular weight excluding hydrogens is 483 g/mol. The van der Waals surface area contributed by atoms with Crippen LogP contribution in [-0.2, 0) is 16.6 Å². The molecule has 0 spiro atoms. The maximum atomic E-state index is 13.2. The van der Waals surface area contributed by atoms with E-state index in [4.69, 9.17) is 11.6 Å². The average Bonchev–Trinajstić information content (AvgIpc) is 3.24. The molecule has 0 unspecified atom stereocenters. The van der Waals surface area contributed by atoms with Crippen LogP contribution in [-0.4, -0.2) is 50.8 Å². The Bertz CT molecular complexity index is 1510. The Morgan fingerprint density at radius 3 is 2.50 bits per heavy atom. The number of aromatic amines is 1. The van der Waals surface area contributed by atoms with E-state index in [0.29, 0.717) is 35.9 Å². The highest BCUT2D eigenvalue weighted by Crippen LogP contribution is 2.29. The van der Waals surface area contributed by atoms with Gasteiger partial charge in [-0.25, -0.2) is 22.5 Å². The molecule has 0 atom stereocenters. The predicted octanol–water partition coefficient (Wildman–Crippen LogP) is 2.92. The summed E-state index contributed by atoms with van der Waals surface area (Å²) < 4.78 is 41.8. The highest BCUT2D eigenvalue weighted by atomic mass is 35.5. The van der Waals surface area contributed by atoms with Crippen LogP contribution in [0, 0.1) is 5.82 Å². The van der Waals surface area contributed by atoms with E-state index in [2.05, 4.69) is 20.3 Å². The van der Waals surface area contributed by atoms with Gasteiger partial charge in [-0.15, -0.1) is 5.10 Å². The number of halogens is 2. The molecule has 0 amide bonds. The normalized spacial score (nSPS) is 15.7. The van der Waals surface area contributed by atoms with Gasteiger partial charge in [0, 0.05) is 24.0 Å². The number of nitrogens with zero attached hydrogens (tertiary/aromatic N) is 5. The van der Waals surface area contributed by atoms with Gasteiger partial charge >= 0.3 is 0 Å². The van der Waals surface area contributed by atoms with Crippen molar-refractivity contribution in [3.05, 3.63) is 81.1 Å². The Morgan fingerprint density at radius 1 is 1.09 bits per heavy atom. The summed E-state index contributed by atoms with van der Waals surface area (Å²) >= 11 is 6.26. The molecular formula is C22H20ClFN6O3S. The summed E-state index contributed by atoms with van der Waals surface area (Å²) in [7, 11) is -3.73. The summed E-state index contributed by atoms with van der Waals surface area (Å²) in [5.74, 6) is -0.161. The van der Waals surface area contributed by atoms with Crippen LogP contribution in [0.1, 0.15) is 30.1 Å². The molecule has 1 fully saturated rings. The SMILES string of the molecule is O=c1[nH]c(C2CCN(S(=O)(=O)c3ccc(F)cc3)CC2)nc2c1nnn2Cc1ccccc1Cl.